The van der Waals surface area contributed by atoms with E-state index in [1.807, 2.05) is 30.3 Å². The van der Waals surface area contributed by atoms with Crippen LogP contribution >= 0.6 is 0 Å². The average Bonchev–Trinajstić information content (AvgIpc) is 3.13. The number of nitrogens with zero attached hydrogens (tertiary/aromatic N) is 3. The Kier molecular flexibility index (Phi) is 6.08. The fourth-order valence-electron chi connectivity index (χ4n) is 3.47. The van der Waals surface area contributed by atoms with Gasteiger partial charge in [0.05, 0.1) is 22.6 Å². The molecule has 4 aromatic rings. The highest BCUT2D eigenvalue weighted by Gasteiger charge is 2.25. The second-order valence-electron chi connectivity index (χ2n) is 7.35. The largest absolute Gasteiger partial charge is 0.322 e. The summed E-state index contributed by atoms with van der Waals surface area (Å²) in [7, 11) is 0. The molecule has 0 unspecified atom stereocenters. The van der Waals surface area contributed by atoms with E-state index in [9.17, 15) is 14.4 Å². The molecular weight excluding hydrogens is 418 g/mol. The topological polar surface area (TPSA) is 106 Å². The van der Waals surface area contributed by atoms with Crippen molar-refractivity contribution in [1.82, 2.24) is 14.8 Å². The van der Waals surface area contributed by atoms with Crippen LogP contribution in [0.1, 0.15) is 32.1 Å². The molecule has 2 aromatic carbocycles. The molecule has 33 heavy (non-hydrogen) atoms. The minimum Gasteiger partial charge on any atom is -0.322 e. The first kappa shape index (κ1) is 21.6. The van der Waals surface area contributed by atoms with Crippen molar-refractivity contribution in [1.29, 1.82) is 0 Å². The van der Waals surface area contributed by atoms with Crippen molar-refractivity contribution in [3.05, 3.63) is 102 Å². The van der Waals surface area contributed by atoms with Crippen LogP contribution in [0.25, 0.3) is 5.69 Å². The number of hydrogen-bond acceptors (Lipinski definition) is 5. The molecule has 0 bridgehead atoms. The third kappa shape index (κ3) is 4.69. The van der Waals surface area contributed by atoms with Gasteiger partial charge in [0.2, 0.25) is 0 Å². The molecule has 4 rings (SSSR count). The van der Waals surface area contributed by atoms with E-state index in [0.717, 1.165) is 5.69 Å². The first-order valence-electron chi connectivity index (χ1n) is 10.2. The van der Waals surface area contributed by atoms with E-state index in [1.54, 1.807) is 61.3 Å². The quantitative estimate of drug-likeness (QED) is 0.349. The summed E-state index contributed by atoms with van der Waals surface area (Å²) in [5.74, 6) is -1.85. The Labute approximate surface area is 190 Å². The number of aromatic nitrogens is 3. The zero-order valence-electron chi connectivity index (χ0n) is 18.1. The fraction of sp³-hybridized carbons (Fsp3) is 0.0800. The number of Topliss-reactive ketones (excluding diaryl/α,β-unsaturated/α-hetero) is 1. The number of carbonyl (C=O) groups is 3. The Balaban J connectivity index is 1.51. The van der Waals surface area contributed by atoms with Crippen LogP contribution < -0.4 is 10.6 Å². The molecule has 0 aliphatic heterocycles. The van der Waals surface area contributed by atoms with E-state index in [1.165, 1.54) is 6.07 Å². The molecule has 164 valence electrons. The van der Waals surface area contributed by atoms with Crippen molar-refractivity contribution in [2.45, 2.75) is 13.8 Å². The maximum Gasteiger partial charge on any atom is 0.296 e. The molecule has 0 radical (unpaired) electrons. The number of hydrogen-bond donors (Lipinski definition) is 2. The van der Waals surface area contributed by atoms with Crippen molar-refractivity contribution in [3.8, 4) is 5.69 Å². The van der Waals surface area contributed by atoms with Gasteiger partial charge in [-0.15, -0.1) is 0 Å². The number of benzene rings is 2. The van der Waals surface area contributed by atoms with Crippen molar-refractivity contribution >= 4 is 29.0 Å². The maximum absolute atomic E-state index is 12.9. The van der Waals surface area contributed by atoms with Gasteiger partial charge in [-0.2, -0.15) is 5.10 Å². The lowest BCUT2D eigenvalue weighted by molar-refractivity contribution is -0.112. The van der Waals surface area contributed by atoms with E-state index in [2.05, 4.69) is 20.7 Å². The van der Waals surface area contributed by atoms with Crippen LogP contribution in [0.2, 0.25) is 0 Å². The SMILES string of the molecule is Cc1nn(-c2ccccc2)c(C)c1C(=O)C(=O)Nc1cccc(C(=O)Nc2ccncc2)c1. The highest BCUT2D eigenvalue weighted by Crippen LogP contribution is 2.20. The van der Waals surface area contributed by atoms with Gasteiger partial charge >= 0.3 is 0 Å². The normalized spacial score (nSPS) is 10.5. The van der Waals surface area contributed by atoms with Gasteiger partial charge in [-0.3, -0.25) is 19.4 Å². The molecule has 8 nitrogen and oxygen atoms in total. The molecule has 0 aliphatic rings. The molecule has 0 saturated heterocycles. The summed E-state index contributed by atoms with van der Waals surface area (Å²) in [6, 6.07) is 19.1. The number of pyridine rings is 1. The van der Waals surface area contributed by atoms with Crippen LogP contribution in [0.15, 0.2) is 79.1 Å². The Morgan fingerprint density at radius 1 is 0.818 bits per heavy atom. The average molecular weight is 439 g/mol. The molecule has 0 saturated carbocycles. The third-order valence-corrected chi connectivity index (χ3v) is 5.05. The minimum absolute atomic E-state index is 0.253. The van der Waals surface area contributed by atoms with Crippen molar-refractivity contribution in [3.63, 3.8) is 0 Å². The van der Waals surface area contributed by atoms with E-state index in [0.29, 0.717) is 28.3 Å². The molecule has 2 heterocycles. The number of nitrogens with one attached hydrogen (secondary N) is 2. The number of aryl methyl sites for hydroxylation is 1. The molecular formula is C25H21N5O3. The summed E-state index contributed by atoms with van der Waals surface area (Å²) < 4.78 is 1.64. The van der Waals surface area contributed by atoms with Gasteiger partial charge in [0.1, 0.15) is 0 Å². The lowest BCUT2D eigenvalue weighted by Crippen LogP contribution is -2.24. The first-order chi connectivity index (χ1) is 15.9. The van der Waals surface area contributed by atoms with Crippen molar-refractivity contribution in [2.75, 3.05) is 10.6 Å². The highest BCUT2D eigenvalue weighted by molar-refractivity contribution is 6.47. The summed E-state index contributed by atoms with van der Waals surface area (Å²) in [5, 5.41) is 9.76. The molecule has 0 atom stereocenters. The third-order valence-electron chi connectivity index (χ3n) is 5.05. The van der Waals surface area contributed by atoms with Crippen LogP contribution in [0.4, 0.5) is 11.4 Å². The predicted molar refractivity (Wildman–Crippen MR) is 125 cm³/mol. The van der Waals surface area contributed by atoms with Gasteiger partial charge in [-0.05, 0) is 56.3 Å². The van der Waals surface area contributed by atoms with Crippen LogP contribution in [-0.4, -0.2) is 32.4 Å². The number of amides is 2. The van der Waals surface area contributed by atoms with E-state index >= 15 is 0 Å². The van der Waals surface area contributed by atoms with Crippen molar-refractivity contribution in [2.24, 2.45) is 0 Å². The standard InChI is InChI=1S/C25H21N5O3/c1-16-22(17(2)30(29-16)21-9-4-3-5-10-21)23(31)25(33)28-20-8-6-7-18(15-20)24(32)27-19-11-13-26-14-12-19/h3-15H,1-2H3,(H,28,33)(H,26,27,32). The Morgan fingerprint density at radius 3 is 2.27 bits per heavy atom. The summed E-state index contributed by atoms with van der Waals surface area (Å²) in [5.41, 5.74) is 3.35. The van der Waals surface area contributed by atoms with Gasteiger partial charge in [0.25, 0.3) is 17.6 Å². The fourth-order valence-corrected chi connectivity index (χ4v) is 3.47. The summed E-state index contributed by atoms with van der Waals surface area (Å²) in [6.45, 7) is 3.44. The molecule has 0 aliphatic carbocycles. The smallest absolute Gasteiger partial charge is 0.296 e. The maximum atomic E-state index is 12.9. The van der Waals surface area contributed by atoms with Crippen LogP contribution in [0.3, 0.4) is 0 Å². The molecule has 0 spiro atoms. The van der Waals surface area contributed by atoms with Crippen molar-refractivity contribution < 1.29 is 14.4 Å². The predicted octanol–water partition coefficient (Wildman–Crippen LogP) is 3.96. The summed E-state index contributed by atoms with van der Waals surface area (Å²) in [6.07, 6.45) is 3.14. The lowest BCUT2D eigenvalue weighted by atomic mass is 10.1. The van der Waals surface area contributed by atoms with Crippen LogP contribution in [-0.2, 0) is 4.79 Å². The van der Waals surface area contributed by atoms with Gasteiger partial charge in [0.15, 0.2) is 0 Å². The number of para-hydroxylation sites is 1. The Bertz CT molecular complexity index is 1330. The number of carbonyl (C=O) groups excluding carboxylic acids is 3. The Hall–Kier alpha value is -4.59. The van der Waals surface area contributed by atoms with E-state index in [4.69, 9.17) is 0 Å². The molecule has 8 heteroatoms. The second kappa shape index (κ2) is 9.27. The summed E-state index contributed by atoms with van der Waals surface area (Å²) >= 11 is 0. The van der Waals surface area contributed by atoms with Gasteiger partial charge in [-0.1, -0.05) is 24.3 Å². The first-order valence-corrected chi connectivity index (χ1v) is 10.2. The summed E-state index contributed by atoms with van der Waals surface area (Å²) in [4.78, 5) is 42.1. The van der Waals surface area contributed by atoms with Gasteiger partial charge in [0, 0.05) is 29.3 Å². The van der Waals surface area contributed by atoms with E-state index in [-0.39, 0.29) is 11.5 Å². The highest BCUT2D eigenvalue weighted by atomic mass is 16.2. The van der Waals surface area contributed by atoms with Gasteiger partial charge < -0.3 is 10.6 Å². The van der Waals surface area contributed by atoms with Gasteiger partial charge in [-0.25, -0.2) is 4.68 Å². The molecule has 0 fully saturated rings. The number of anilines is 2. The number of rotatable bonds is 6. The zero-order valence-corrected chi connectivity index (χ0v) is 18.1. The molecule has 2 aromatic heterocycles. The lowest BCUT2D eigenvalue weighted by Gasteiger charge is -2.08. The van der Waals surface area contributed by atoms with Crippen LogP contribution in [0, 0.1) is 13.8 Å². The number of ketones is 1. The second-order valence-corrected chi connectivity index (χ2v) is 7.35. The minimum atomic E-state index is -0.805. The zero-order chi connectivity index (χ0) is 23.4. The monoisotopic (exact) mass is 439 g/mol. The van der Waals surface area contributed by atoms with E-state index < -0.39 is 11.7 Å². The molecule has 2 amide bonds. The van der Waals surface area contributed by atoms with Crippen LogP contribution in [0.5, 0.6) is 0 Å². The Morgan fingerprint density at radius 2 is 1.55 bits per heavy atom. The molecule has 2 N–H and O–H groups in total.